The van der Waals surface area contributed by atoms with Crippen LogP contribution in [0.1, 0.15) is 17.3 Å². The van der Waals surface area contributed by atoms with Gasteiger partial charge in [0.2, 0.25) is 5.91 Å². The fraction of sp³-hybridized carbons (Fsp3) is 0.222. The Morgan fingerprint density at radius 3 is 2.52 bits per heavy atom. The van der Waals surface area contributed by atoms with E-state index in [4.69, 9.17) is 4.74 Å². The molecule has 0 aromatic heterocycles. The molecule has 2 aromatic carbocycles. The summed E-state index contributed by atoms with van der Waals surface area (Å²) in [4.78, 5) is 25.1. The molecule has 2 rings (SSSR count). The van der Waals surface area contributed by atoms with E-state index >= 15 is 0 Å². The number of anilines is 1. The summed E-state index contributed by atoms with van der Waals surface area (Å²) < 4.78 is 32.0. The number of methoxy groups -OCH3 is 1. The highest BCUT2D eigenvalue weighted by Crippen LogP contribution is 2.20. The first-order chi connectivity index (χ1) is 11.9. The van der Waals surface area contributed by atoms with Crippen molar-refractivity contribution in [3.63, 3.8) is 0 Å². The monoisotopic (exact) mass is 348 g/mol. The molecule has 25 heavy (non-hydrogen) atoms. The van der Waals surface area contributed by atoms with Crippen LogP contribution in [0.25, 0.3) is 0 Å². The Labute approximate surface area is 144 Å². The predicted octanol–water partition coefficient (Wildman–Crippen LogP) is 2.76. The summed E-state index contributed by atoms with van der Waals surface area (Å²) in [6.07, 6.45) is 0. The molecule has 0 aliphatic carbocycles. The van der Waals surface area contributed by atoms with Gasteiger partial charge in [-0.2, -0.15) is 0 Å². The lowest BCUT2D eigenvalue weighted by Gasteiger charge is -2.22. The van der Waals surface area contributed by atoms with E-state index in [1.54, 1.807) is 24.3 Å². The molecule has 0 atom stereocenters. The average molecular weight is 348 g/mol. The molecule has 0 unspecified atom stereocenters. The second-order valence-corrected chi connectivity index (χ2v) is 5.22. The summed E-state index contributed by atoms with van der Waals surface area (Å²) in [6, 6.07) is 9.67. The summed E-state index contributed by atoms with van der Waals surface area (Å²) in [5.41, 5.74) is 0.313. The molecule has 0 radical (unpaired) electrons. The van der Waals surface area contributed by atoms with Crippen LogP contribution in [0, 0.1) is 11.6 Å². The molecule has 5 nitrogen and oxygen atoms in total. The molecule has 2 amide bonds. The standard InChI is InChI=1S/C18H18F2N2O3/c1-12(23)22(16-8-7-13(19)11-15(16)20)10-9-21-18(24)14-5-3-4-6-17(14)25-2/h3-8,11H,9-10H2,1-2H3,(H,21,24). The first-order valence-corrected chi connectivity index (χ1v) is 7.58. The van der Waals surface area contributed by atoms with Gasteiger partial charge < -0.3 is 15.0 Å². The quantitative estimate of drug-likeness (QED) is 0.873. The van der Waals surface area contributed by atoms with Gasteiger partial charge in [-0.05, 0) is 24.3 Å². The lowest BCUT2D eigenvalue weighted by atomic mass is 10.2. The Kier molecular flexibility index (Phi) is 6.05. The van der Waals surface area contributed by atoms with Gasteiger partial charge >= 0.3 is 0 Å². The molecule has 0 aliphatic heterocycles. The van der Waals surface area contributed by atoms with Gasteiger partial charge in [0, 0.05) is 26.1 Å². The fourth-order valence-electron chi connectivity index (χ4n) is 2.36. The van der Waals surface area contributed by atoms with Gasteiger partial charge in [-0.25, -0.2) is 8.78 Å². The minimum Gasteiger partial charge on any atom is -0.496 e. The van der Waals surface area contributed by atoms with Crippen LogP contribution >= 0.6 is 0 Å². The van der Waals surface area contributed by atoms with Gasteiger partial charge in [-0.1, -0.05) is 12.1 Å². The van der Waals surface area contributed by atoms with E-state index in [1.807, 2.05) is 0 Å². The predicted molar refractivity (Wildman–Crippen MR) is 89.7 cm³/mol. The highest BCUT2D eigenvalue weighted by molar-refractivity contribution is 5.97. The second-order valence-electron chi connectivity index (χ2n) is 5.22. The van der Waals surface area contributed by atoms with E-state index in [9.17, 15) is 18.4 Å². The third-order valence-electron chi connectivity index (χ3n) is 3.55. The topological polar surface area (TPSA) is 58.6 Å². The second kappa shape index (κ2) is 8.23. The van der Waals surface area contributed by atoms with Crippen molar-refractivity contribution in [1.82, 2.24) is 5.32 Å². The molecular formula is C18H18F2N2O3. The summed E-state index contributed by atoms with van der Waals surface area (Å²) >= 11 is 0. The van der Waals surface area contributed by atoms with E-state index in [-0.39, 0.29) is 24.7 Å². The first kappa shape index (κ1) is 18.4. The number of rotatable bonds is 6. The van der Waals surface area contributed by atoms with Crippen molar-refractivity contribution in [2.45, 2.75) is 6.92 Å². The number of hydrogen-bond acceptors (Lipinski definition) is 3. The first-order valence-electron chi connectivity index (χ1n) is 7.58. The van der Waals surface area contributed by atoms with Crippen molar-refractivity contribution in [2.24, 2.45) is 0 Å². The lowest BCUT2D eigenvalue weighted by molar-refractivity contribution is -0.116. The molecule has 0 saturated heterocycles. The summed E-state index contributed by atoms with van der Waals surface area (Å²) in [6.45, 7) is 1.40. The number of para-hydroxylation sites is 1. The zero-order valence-electron chi connectivity index (χ0n) is 13.9. The Hall–Kier alpha value is -2.96. The molecule has 0 heterocycles. The fourth-order valence-corrected chi connectivity index (χ4v) is 2.36. The van der Waals surface area contributed by atoms with Crippen molar-refractivity contribution >= 4 is 17.5 Å². The van der Waals surface area contributed by atoms with Crippen LogP contribution in [-0.2, 0) is 4.79 Å². The molecule has 7 heteroatoms. The number of nitrogens with zero attached hydrogens (tertiary/aromatic N) is 1. The maximum atomic E-state index is 13.9. The zero-order chi connectivity index (χ0) is 18.4. The van der Waals surface area contributed by atoms with Crippen LogP contribution in [0.5, 0.6) is 5.75 Å². The van der Waals surface area contributed by atoms with Crippen LogP contribution in [0.3, 0.4) is 0 Å². The van der Waals surface area contributed by atoms with Gasteiger partial charge in [0.25, 0.3) is 5.91 Å². The number of halogens is 2. The van der Waals surface area contributed by atoms with Crippen LogP contribution < -0.4 is 15.0 Å². The smallest absolute Gasteiger partial charge is 0.255 e. The van der Waals surface area contributed by atoms with Crippen LogP contribution in [0.4, 0.5) is 14.5 Å². The summed E-state index contributed by atoms with van der Waals surface area (Å²) in [5.74, 6) is -1.94. The van der Waals surface area contributed by atoms with Crippen molar-refractivity contribution < 1.29 is 23.1 Å². The van der Waals surface area contributed by atoms with E-state index in [0.717, 1.165) is 11.0 Å². The molecule has 0 aliphatic rings. The molecule has 0 bridgehead atoms. The van der Waals surface area contributed by atoms with Gasteiger partial charge in [-0.15, -0.1) is 0 Å². The van der Waals surface area contributed by atoms with E-state index < -0.39 is 17.5 Å². The Morgan fingerprint density at radius 1 is 1.16 bits per heavy atom. The van der Waals surface area contributed by atoms with Gasteiger partial charge in [-0.3, -0.25) is 9.59 Å². The van der Waals surface area contributed by atoms with Gasteiger partial charge in [0.05, 0.1) is 18.4 Å². The van der Waals surface area contributed by atoms with Crippen LogP contribution in [0.15, 0.2) is 42.5 Å². The number of ether oxygens (including phenoxy) is 1. The number of carbonyl (C=O) groups excluding carboxylic acids is 2. The third kappa shape index (κ3) is 4.53. The number of nitrogens with one attached hydrogen (secondary N) is 1. The van der Waals surface area contributed by atoms with E-state index in [1.165, 1.54) is 20.1 Å². The number of hydrogen-bond donors (Lipinski definition) is 1. The van der Waals surface area contributed by atoms with Crippen molar-refractivity contribution in [3.05, 3.63) is 59.7 Å². The highest BCUT2D eigenvalue weighted by atomic mass is 19.1. The van der Waals surface area contributed by atoms with Crippen molar-refractivity contribution in [3.8, 4) is 5.75 Å². The third-order valence-corrected chi connectivity index (χ3v) is 3.55. The van der Waals surface area contributed by atoms with Crippen molar-refractivity contribution in [1.29, 1.82) is 0 Å². The molecule has 0 saturated carbocycles. The number of benzene rings is 2. The highest BCUT2D eigenvalue weighted by Gasteiger charge is 2.17. The van der Waals surface area contributed by atoms with E-state index in [0.29, 0.717) is 17.4 Å². The molecule has 2 aromatic rings. The molecule has 0 fully saturated rings. The van der Waals surface area contributed by atoms with Crippen LogP contribution in [-0.4, -0.2) is 32.0 Å². The van der Waals surface area contributed by atoms with E-state index in [2.05, 4.69) is 5.32 Å². The summed E-state index contributed by atoms with van der Waals surface area (Å²) in [7, 11) is 1.46. The van der Waals surface area contributed by atoms with Crippen molar-refractivity contribution in [2.75, 3.05) is 25.1 Å². The largest absolute Gasteiger partial charge is 0.496 e. The molecular weight excluding hydrogens is 330 g/mol. The Balaban J connectivity index is 2.05. The molecule has 1 N–H and O–H groups in total. The molecule has 132 valence electrons. The maximum Gasteiger partial charge on any atom is 0.255 e. The van der Waals surface area contributed by atoms with Crippen LogP contribution in [0.2, 0.25) is 0 Å². The summed E-state index contributed by atoms with van der Waals surface area (Å²) in [5, 5.41) is 2.65. The number of amides is 2. The van der Waals surface area contributed by atoms with Gasteiger partial charge in [0.15, 0.2) is 0 Å². The lowest BCUT2D eigenvalue weighted by Crippen LogP contribution is -2.38. The maximum absolute atomic E-state index is 13.9. The molecule has 0 spiro atoms. The number of carbonyl (C=O) groups is 2. The zero-order valence-corrected chi connectivity index (χ0v) is 13.9. The minimum absolute atomic E-state index is 0.0405. The normalized spacial score (nSPS) is 10.2. The Morgan fingerprint density at radius 2 is 1.88 bits per heavy atom. The minimum atomic E-state index is -0.841. The average Bonchev–Trinajstić information content (AvgIpc) is 2.59. The van der Waals surface area contributed by atoms with Gasteiger partial charge in [0.1, 0.15) is 17.4 Å². The Bertz CT molecular complexity index is 781. The SMILES string of the molecule is COc1ccccc1C(=O)NCCN(C(C)=O)c1ccc(F)cc1F.